The molecule has 8 nitrogen and oxygen atoms in total. The Hall–Kier alpha value is -3.52. The van der Waals surface area contributed by atoms with Gasteiger partial charge in [0.15, 0.2) is 0 Å². The number of rotatable bonds is 9. The number of nitrogens with zero attached hydrogens (tertiary/aromatic N) is 6. The number of hydrazine groups is 1. The fraction of sp³-hybridized carbons (Fsp3) is 0.333. The van der Waals surface area contributed by atoms with Crippen LogP contribution in [-0.4, -0.2) is 34.6 Å². The first-order chi connectivity index (χ1) is 18.1. The summed E-state index contributed by atoms with van der Waals surface area (Å²) in [6, 6.07) is 12.9. The second kappa shape index (κ2) is 10.3. The summed E-state index contributed by atoms with van der Waals surface area (Å²) >= 11 is 6.72. The van der Waals surface area contributed by atoms with E-state index in [1.165, 1.54) is 12.1 Å². The predicted octanol–water partition coefficient (Wildman–Crippen LogP) is 6.05. The summed E-state index contributed by atoms with van der Waals surface area (Å²) in [5, 5.41) is 24.7. The van der Waals surface area contributed by atoms with Crippen molar-refractivity contribution in [3.05, 3.63) is 76.5 Å². The molecule has 0 saturated heterocycles. The molecule has 4 aromatic rings. The van der Waals surface area contributed by atoms with Gasteiger partial charge in [-0.25, -0.2) is 14.9 Å². The molecule has 3 N–H and O–H groups in total. The summed E-state index contributed by atoms with van der Waals surface area (Å²) in [5.74, 6) is 6.45. The summed E-state index contributed by atoms with van der Waals surface area (Å²) < 4.78 is 15.6. The molecule has 2 aromatic heterocycles. The third kappa shape index (κ3) is 5.50. The zero-order chi connectivity index (χ0) is 27.0. The number of hydrogen-bond acceptors (Lipinski definition) is 7. The van der Waals surface area contributed by atoms with E-state index in [0.29, 0.717) is 44.6 Å². The molecule has 0 amide bonds. The molecule has 1 fully saturated rings. The molecule has 1 unspecified atom stereocenters. The maximum Gasteiger partial charge on any atom is 0.123 e. The third-order valence-electron chi connectivity index (χ3n) is 6.70. The Labute approximate surface area is 227 Å². The summed E-state index contributed by atoms with van der Waals surface area (Å²) in [5.41, 5.74) is 3.70. The molecule has 0 spiro atoms. The van der Waals surface area contributed by atoms with E-state index < -0.39 is 14.1 Å². The molecule has 11 heteroatoms. The average molecular weight is 549 g/mol. The SMILES string of the molecule is C[Si](C)(C)CCNc1c(C#N)cnc2c(Cl)cc(N(N)C(c3ccc(F)cc3)c3cn(C4CC4)nn3)cc12. The van der Waals surface area contributed by atoms with E-state index in [1.54, 1.807) is 29.4 Å². The lowest BCUT2D eigenvalue weighted by molar-refractivity contribution is 0.609. The number of benzene rings is 2. The van der Waals surface area contributed by atoms with Crippen molar-refractivity contribution in [2.75, 3.05) is 16.9 Å². The second-order valence-corrected chi connectivity index (χ2v) is 17.0. The molecule has 1 atom stereocenters. The molecule has 0 bridgehead atoms. The smallest absolute Gasteiger partial charge is 0.123 e. The van der Waals surface area contributed by atoms with Crippen LogP contribution in [0.2, 0.25) is 30.7 Å². The predicted molar refractivity (Wildman–Crippen MR) is 151 cm³/mol. The Morgan fingerprint density at radius 1 is 1.26 bits per heavy atom. The van der Waals surface area contributed by atoms with Crippen molar-refractivity contribution in [2.24, 2.45) is 5.84 Å². The Morgan fingerprint density at radius 2 is 2.00 bits per heavy atom. The largest absolute Gasteiger partial charge is 0.384 e. The number of aromatic nitrogens is 4. The van der Waals surface area contributed by atoms with Crippen LogP contribution in [0.25, 0.3) is 10.9 Å². The fourth-order valence-electron chi connectivity index (χ4n) is 4.43. The van der Waals surface area contributed by atoms with Crippen molar-refractivity contribution < 1.29 is 4.39 Å². The lowest BCUT2D eigenvalue weighted by Crippen LogP contribution is -2.36. The zero-order valence-corrected chi connectivity index (χ0v) is 23.4. The van der Waals surface area contributed by atoms with Crippen LogP contribution in [0.5, 0.6) is 0 Å². The van der Waals surface area contributed by atoms with Crippen LogP contribution in [0.1, 0.15) is 41.7 Å². The molecule has 1 aliphatic rings. The van der Waals surface area contributed by atoms with Crippen LogP contribution in [0.15, 0.2) is 48.8 Å². The van der Waals surface area contributed by atoms with Crippen LogP contribution >= 0.6 is 11.6 Å². The lowest BCUT2D eigenvalue weighted by atomic mass is 10.0. The highest BCUT2D eigenvalue weighted by Crippen LogP contribution is 2.39. The van der Waals surface area contributed by atoms with Crippen LogP contribution in [0.3, 0.4) is 0 Å². The van der Waals surface area contributed by atoms with E-state index >= 15 is 0 Å². The molecule has 0 aliphatic heterocycles. The quantitative estimate of drug-likeness (QED) is 0.149. The normalized spacial score (nSPS) is 14.3. The van der Waals surface area contributed by atoms with Crippen LogP contribution in [-0.2, 0) is 0 Å². The van der Waals surface area contributed by atoms with Gasteiger partial charge in [-0.1, -0.05) is 48.6 Å². The first-order valence-corrected chi connectivity index (χ1v) is 16.7. The number of nitriles is 1. The number of nitrogens with one attached hydrogen (secondary N) is 1. The van der Waals surface area contributed by atoms with Gasteiger partial charge in [-0.3, -0.25) is 9.99 Å². The van der Waals surface area contributed by atoms with Gasteiger partial charge < -0.3 is 5.32 Å². The standard InChI is InChI=1S/C27H30ClFN8Si/c1-38(2,3)11-10-32-25-18(14-30)15-33-26-22(25)12-21(13-23(26)28)37(31)27(17-4-6-19(29)7-5-17)24-16-36(35-34-24)20-8-9-20/h4-7,12-13,15-16,20,27H,8-11,31H2,1-3H3,(H,32,33). The summed E-state index contributed by atoms with van der Waals surface area (Å²) in [6.45, 7) is 7.66. The molecule has 1 saturated carbocycles. The first kappa shape index (κ1) is 26.1. The third-order valence-corrected chi connectivity index (χ3v) is 8.74. The number of halogens is 2. The molecule has 1 aliphatic carbocycles. The molecule has 5 rings (SSSR count). The Kier molecular flexibility index (Phi) is 7.09. The minimum absolute atomic E-state index is 0.337. The summed E-state index contributed by atoms with van der Waals surface area (Å²) in [4.78, 5) is 4.46. The maximum absolute atomic E-state index is 13.8. The first-order valence-electron chi connectivity index (χ1n) is 12.6. The minimum atomic E-state index is -1.30. The van der Waals surface area contributed by atoms with Gasteiger partial charge in [-0.2, -0.15) is 5.26 Å². The average Bonchev–Trinajstić information content (AvgIpc) is 3.62. The van der Waals surface area contributed by atoms with E-state index in [2.05, 4.69) is 46.3 Å². The van der Waals surface area contributed by atoms with Gasteiger partial charge in [0.2, 0.25) is 0 Å². The summed E-state index contributed by atoms with van der Waals surface area (Å²) in [6.07, 6.45) is 5.58. The summed E-state index contributed by atoms with van der Waals surface area (Å²) in [7, 11) is -1.30. The molecule has 2 heterocycles. The Bertz CT molecular complexity index is 1500. The van der Waals surface area contributed by atoms with Crippen LogP contribution in [0.4, 0.5) is 15.8 Å². The van der Waals surface area contributed by atoms with Crippen LogP contribution in [0, 0.1) is 17.1 Å². The number of pyridine rings is 1. The lowest BCUT2D eigenvalue weighted by Gasteiger charge is -2.29. The van der Waals surface area contributed by atoms with Gasteiger partial charge in [-0.15, -0.1) is 5.10 Å². The fourth-order valence-corrected chi connectivity index (χ4v) is 5.57. The number of hydrogen-bond donors (Lipinski definition) is 2. The van der Waals surface area contributed by atoms with Crippen molar-refractivity contribution in [1.82, 2.24) is 20.0 Å². The second-order valence-electron chi connectivity index (χ2n) is 10.9. The number of anilines is 2. The van der Waals surface area contributed by atoms with Crippen molar-refractivity contribution in [1.29, 1.82) is 5.26 Å². The van der Waals surface area contributed by atoms with E-state index in [9.17, 15) is 9.65 Å². The molecular formula is C27H30ClFN8Si. The Morgan fingerprint density at radius 3 is 2.66 bits per heavy atom. The monoisotopic (exact) mass is 548 g/mol. The van der Waals surface area contributed by atoms with Gasteiger partial charge >= 0.3 is 0 Å². The van der Waals surface area contributed by atoms with E-state index in [4.69, 9.17) is 17.4 Å². The van der Waals surface area contributed by atoms with E-state index in [1.807, 2.05) is 16.9 Å². The maximum atomic E-state index is 13.8. The minimum Gasteiger partial charge on any atom is -0.384 e. The highest BCUT2D eigenvalue weighted by molar-refractivity contribution is 6.76. The highest BCUT2D eigenvalue weighted by atomic mass is 35.5. The van der Waals surface area contributed by atoms with Gasteiger partial charge in [0, 0.05) is 26.2 Å². The number of nitrogens with two attached hydrogens (primary N) is 1. The zero-order valence-electron chi connectivity index (χ0n) is 21.6. The molecule has 2 aromatic carbocycles. The van der Waals surface area contributed by atoms with Crippen LogP contribution < -0.4 is 16.2 Å². The van der Waals surface area contributed by atoms with Gasteiger partial charge in [-0.05, 0) is 48.7 Å². The Balaban J connectivity index is 1.59. The number of fused-ring (bicyclic) bond motifs is 1. The highest BCUT2D eigenvalue weighted by Gasteiger charge is 2.29. The molecule has 0 radical (unpaired) electrons. The molecule has 38 heavy (non-hydrogen) atoms. The molecular weight excluding hydrogens is 519 g/mol. The van der Waals surface area contributed by atoms with E-state index in [-0.39, 0.29) is 5.82 Å². The topological polar surface area (TPSA) is 109 Å². The van der Waals surface area contributed by atoms with Crippen molar-refractivity contribution >= 4 is 42.0 Å². The van der Waals surface area contributed by atoms with E-state index in [0.717, 1.165) is 31.0 Å². The van der Waals surface area contributed by atoms with Gasteiger partial charge in [0.05, 0.1) is 39.7 Å². The van der Waals surface area contributed by atoms with Crippen molar-refractivity contribution in [3.8, 4) is 6.07 Å². The molecule has 196 valence electrons. The van der Waals surface area contributed by atoms with Crippen molar-refractivity contribution in [2.45, 2.75) is 50.6 Å². The van der Waals surface area contributed by atoms with Crippen molar-refractivity contribution in [3.63, 3.8) is 0 Å². The van der Waals surface area contributed by atoms with Gasteiger partial charge in [0.25, 0.3) is 0 Å². The van der Waals surface area contributed by atoms with Gasteiger partial charge in [0.1, 0.15) is 23.6 Å².